The minimum atomic E-state index is -0.586. The molecule has 2 atom stereocenters. The zero-order valence-corrected chi connectivity index (χ0v) is 39.9. The van der Waals surface area contributed by atoms with Crippen molar-refractivity contribution in [1.82, 2.24) is 9.97 Å². The van der Waals surface area contributed by atoms with Crippen LogP contribution in [0.4, 0.5) is 0 Å². The highest BCUT2D eigenvalue weighted by Gasteiger charge is 2.46. The van der Waals surface area contributed by atoms with Gasteiger partial charge in [-0.2, -0.15) is 0 Å². The van der Waals surface area contributed by atoms with Crippen LogP contribution in [0.2, 0.25) is 0 Å². The van der Waals surface area contributed by atoms with E-state index in [1.807, 2.05) is 38.4 Å². The Hall–Kier alpha value is -8.70. The maximum atomic E-state index is 5.96. The molecule has 0 fully saturated rings. The van der Waals surface area contributed by atoms with Gasteiger partial charge in [-0.05, 0) is 157 Å². The van der Waals surface area contributed by atoms with Crippen LogP contribution in [0.15, 0.2) is 207 Å². The number of fused-ring (bicyclic) bond motifs is 6. The van der Waals surface area contributed by atoms with E-state index < -0.39 is 10.8 Å². The van der Waals surface area contributed by atoms with Crippen molar-refractivity contribution in [1.29, 1.82) is 0 Å². The lowest BCUT2D eigenvalue weighted by Crippen LogP contribution is -2.36. The number of rotatable bonds is 10. The van der Waals surface area contributed by atoms with Gasteiger partial charge in [0.05, 0.1) is 10.8 Å². The molecule has 71 heavy (non-hydrogen) atoms. The lowest BCUT2D eigenvalue weighted by molar-refractivity contribution is 0.370. The van der Waals surface area contributed by atoms with Crippen molar-refractivity contribution in [2.45, 2.75) is 43.9 Å². The maximum Gasteiger partial charge on any atom is 0.149 e. The topological polar surface area (TPSA) is 44.2 Å². The average Bonchev–Trinajstić information content (AvgIpc) is 3.42. The van der Waals surface area contributed by atoms with Crippen LogP contribution in [0.1, 0.15) is 92.0 Å². The third kappa shape index (κ3) is 7.52. The molecule has 2 aliphatic rings. The maximum absolute atomic E-state index is 5.96. The molecule has 10 aromatic rings. The summed E-state index contributed by atoms with van der Waals surface area (Å²) in [5, 5.41) is 4.55. The first-order valence-corrected chi connectivity index (χ1v) is 24.4. The van der Waals surface area contributed by atoms with Gasteiger partial charge in [-0.25, -0.2) is 0 Å². The van der Waals surface area contributed by atoms with Gasteiger partial charge in [0, 0.05) is 36.6 Å². The fourth-order valence-electron chi connectivity index (χ4n) is 11.6. The standard InChI is InChI=1S/C67H50N2O2/c1-3-5-37-70-58-33-25-48-40-56(31-23-50(48)42-58)66(60-15-9-7-13-52(60)44-64-62(66)17-11-35-68-64)54-27-19-46(20-28-54)39-47-21-29-55(30-22-47)67(61-16-10-8-14-53(61)45-65-63(67)18-12-36-69-65)57-32-24-51-43-59(71-38-6-4-2)34-26-49(51)41-57/h7-36,40-43H,37-39,44-45H2,1-2H3. The van der Waals surface area contributed by atoms with Crippen molar-refractivity contribution < 1.29 is 9.47 Å². The summed E-state index contributed by atoms with van der Waals surface area (Å²) in [5.74, 6) is 13.5. The molecule has 0 bridgehead atoms. The first kappa shape index (κ1) is 43.6. The molecule has 0 N–H and O–H groups in total. The quantitative estimate of drug-likeness (QED) is 0.128. The summed E-state index contributed by atoms with van der Waals surface area (Å²) in [6.45, 7) is 4.40. The van der Waals surface area contributed by atoms with Crippen LogP contribution in [0, 0.1) is 23.7 Å². The van der Waals surface area contributed by atoms with Gasteiger partial charge in [0.2, 0.25) is 0 Å². The smallest absolute Gasteiger partial charge is 0.149 e. The molecule has 8 aromatic carbocycles. The summed E-state index contributed by atoms with van der Waals surface area (Å²) in [6, 6.07) is 71.7. The Bertz CT molecular complexity index is 3450. The van der Waals surface area contributed by atoms with Gasteiger partial charge in [-0.3, -0.25) is 9.97 Å². The van der Waals surface area contributed by atoms with Crippen LogP contribution >= 0.6 is 0 Å². The van der Waals surface area contributed by atoms with Crippen LogP contribution < -0.4 is 9.47 Å². The molecule has 340 valence electrons. The third-order valence-electron chi connectivity index (χ3n) is 14.8. The van der Waals surface area contributed by atoms with Crippen LogP contribution in [-0.4, -0.2) is 23.2 Å². The molecule has 12 rings (SSSR count). The lowest BCUT2D eigenvalue weighted by Gasteiger charge is -2.42. The number of hydrogen-bond donors (Lipinski definition) is 0. The van der Waals surface area contributed by atoms with Crippen LogP contribution in [0.5, 0.6) is 11.5 Å². The molecular formula is C67H50N2O2. The molecule has 4 heteroatoms. The second-order valence-electron chi connectivity index (χ2n) is 18.6. The Morgan fingerprint density at radius 1 is 0.408 bits per heavy atom. The van der Waals surface area contributed by atoms with Crippen LogP contribution in [0.3, 0.4) is 0 Å². The normalized spacial score (nSPS) is 16.3. The van der Waals surface area contributed by atoms with E-state index in [1.54, 1.807) is 0 Å². The lowest BCUT2D eigenvalue weighted by atomic mass is 9.60. The molecule has 0 amide bonds. The Morgan fingerprint density at radius 2 is 0.803 bits per heavy atom. The number of ether oxygens (including phenoxy) is 2. The molecule has 2 aliphatic carbocycles. The van der Waals surface area contributed by atoms with Gasteiger partial charge >= 0.3 is 0 Å². The van der Waals surface area contributed by atoms with E-state index in [2.05, 4.69) is 206 Å². The summed E-state index contributed by atoms with van der Waals surface area (Å²) in [5.41, 5.74) is 16.0. The largest absolute Gasteiger partial charge is 0.481 e. The first-order valence-electron chi connectivity index (χ1n) is 24.4. The number of hydrogen-bond acceptors (Lipinski definition) is 4. The molecular weight excluding hydrogens is 865 g/mol. The Morgan fingerprint density at radius 3 is 1.25 bits per heavy atom. The molecule has 4 nitrogen and oxygen atoms in total. The molecule has 0 spiro atoms. The Labute approximate surface area is 416 Å². The van der Waals surface area contributed by atoms with E-state index in [1.165, 1.54) is 66.8 Å². The van der Waals surface area contributed by atoms with Crippen molar-refractivity contribution in [3.05, 3.63) is 285 Å². The molecule has 0 radical (unpaired) electrons. The molecule has 0 saturated heterocycles. The van der Waals surface area contributed by atoms with Gasteiger partial charge in [0.25, 0.3) is 0 Å². The van der Waals surface area contributed by atoms with E-state index in [0.29, 0.717) is 13.2 Å². The molecule has 2 unspecified atom stereocenters. The first-order chi connectivity index (χ1) is 35.1. The van der Waals surface area contributed by atoms with E-state index in [0.717, 1.165) is 63.7 Å². The summed E-state index contributed by atoms with van der Waals surface area (Å²) in [6.07, 6.45) is 6.23. The molecule has 2 heterocycles. The average molecular weight is 915 g/mol. The molecule has 2 aromatic heterocycles. The second kappa shape index (κ2) is 18.3. The summed E-state index contributed by atoms with van der Waals surface area (Å²) in [4.78, 5) is 10.1. The third-order valence-corrected chi connectivity index (χ3v) is 14.8. The van der Waals surface area contributed by atoms with E-state index in [4.69, 9.17) is 19.4 Å². The van der Waals surface area contributed by atoms with Gasteiger partial charge < -0.3 is 9.47 Å². The van der Waals surface area contributed by atoms with Gasteiger partial charge in [0.1, 0.15) is 24.7 Å². The summed E-state index contributed by atoms with van der Waals surface area (Å²) < 4.78 is 11.9. The van der Waals surface area contributed by atoms with E-state index in [9.17, 15) is 0 Å². The number of aromatic nitrogens is 2. The number of pyridine rings is 2. The van der Waals surface area contributed by atoms with Crippen molar-refractivity contribution in [3.63, 3.8) is 0 Å². The SMILES string of the molecule is CC#CCOc1ccc2cc(C3(c4ccc(Cc5ccc(C6(c7ccc8cc(OCC#CC)ccc8c7)c7ccccc7Cc7ncccc76)cc5)cc4)c4ccccc4Cc4ncccc43)ccc2c1. The van der Waals surface area contributed by atoms with E-state index >= 15 is 0 Å². The van der Waals surface area contributed by atoms with Crippen molar-refractivity contribution >= 4 is 21.5 Å². The number of nitrogens with zero attached hydrogens (tertiary/aromatic N) is 2. The minimum absolute atomic E-state index is 0.369. The molecule has 0 aliphatic heterocycles. The summed E-state index contributed by atoms with van der Waals surface area (Å²) >= 11 is 0. The summed E-state index contributed by atoms with van der Waals surface area (Å²) in [7, 11) is 0. The van der Waals surface area contributed by atoms with Crippen molar-refractivity contribution in [2.24, 2.45) is 0 Å². The Balaban J connectivity index is 0.928. The van der Waals surface area contributed by atoms with Crippen LogP contribution in [-0.2, 0) is 30.1 Å². The highest BCUT2D eigenvalue weighted by Crippen LogP contribution is 2.53. The molecule has 0 saturated carbocycles. The number of benzene rings is 8. The fourth-order valence-corrected chi connectivity index (χ4v) is 11.6. The highest BCUT2D eigenvalue weighted by atomic mass is 16.5. The Kier molecular flexibility index (Phi) is 11.2. The van der Waals surface area contributed by atoms with Crippen molar-refractivity contribution in [3.8, 4) is 35.2 Å². The highest BCUT2D eigenvalue weighted by molar-refractivity contribution is 5.87. The van der Waals surface area contributed by atoms with Gasteiger partial charge in [0.15, 0.2) is 0 Å². The van der Waals surface area contributed by atoms with Gasteiger partial charge in [-0.1, -0.05) is 157 Å². The van der Waals surface area contributed by atoms with Crippen LogP contribution in [0.25, 0.3) is 21.5 Å². The van der Waals surface area contributed by atoms with Gasteiger partial charge in [-0.15, -0.1) is 11.8 Å². The zero-order valence-electron chi connectivity index (χ0n) is 39.9. The monoisotopic (exact) mass is 914 g/mol. The minimum Gasteiger partial charge on any atom is -0.481 e. The predicted molar refractivity (Wildman–Crippen MR) is 286 cm³/mol. The second-order valence-corrected chi connectivity index (χ2v) is 18.6. The van der Waals surface area contributed by atoms with Crippen molar-refractivity contribution in [2.75, 3.05) is 13.2 Å². The fraction of sp³-hybridized carbons (Fsp3) is 0.134. The zero-order chi connectivity index (χ0) is 47.8. The predicted octanol–water partition coefficient (Wildman–Crippen LogP) is 13.8. The van der Waals surface area contributed by atoms with E-state index in [-0.39, 0.29) is 0 Å².